The zero-order valence-corrected chi connectivity index (χ0v) is 26.2. The van der Waals surface area contributed by atoms with Gasteiger partial charge in [-0.05, 0) is 73.8 Å². The molecule has 7 aromatic carbocycles. The van der Waals surface area contributed by atoms with Crippen molar-refractivity contribution in [1.29, 1.82) is 0 Å². The van der Waals surface area contributed by atoms with E-state index in [1.807, 2.05) is 24.4 Å². The summed E-state index contributed by atoms with van der Waals surface area (Å²) in [4.78, 5) is 19.7. The van der Waals surface area contributed by atoms with E-state index in [4.69, 9.17) is 19.4 Å². The molecule has 0 fully saturated rings. The number of hydrogen-bond acceptors (Lipinski definition) is 5. The number of furan rings is 1. The lowest BCUT2D eigenvalue weighted by atomic mass is 9.95. The number of pyridine rings is 1. The van der Waals surface area contributed by atoms with Crippen LogP contribution in [0, 0.1) is 0 Å². The molecule has 0 bridgehead atoms. The number of aromatic nitrogens is 4. The fraction of sp³-hybridized carbons (Fsp3) is 0. The van der Waals surface area contributed by atoms with Crippen LogP contribution in [0.3, 0.4) is 0 Å². The van der Waals surface area contributed by atoms with Gasteiger partial charge < -0.3 is 4.42 Å². The van der Waals surface area contributed by atoms with Crippen LogP contribution in [-0.2, 0) is 0 Å². The summed E-state index contributed by atoms with van der Waals surface area (Å²) < 4.78 is 6.16. The lowest BCUT2D eigenvalue weighted by Crippen LogP contribution is -2.00. The van der Waals surface area contributed by atoms with E-state index in [-0.39, 0.29) is 0 Å². The van der Waals surface area contributed by atoms with Crippen molar-refractivity contribution < 1.29 is 4.42 Å². The van der Waals surface area contributed by atoms with Crippen molar-refractivity contribution >= 4 is 54.3 Å². The van der Waals surface area contributed by atoms with Crippen LogP contribution in [0.2, 0.25) is 0 Å². The number of rotatable bonds is 4. The molecule has 228 valence electrons. The van der Waals surface area contributed by atoms with Crippen LogP contribution in [0.25, 0.3) is 99.5 Å². The summed E-state index contributed by atoms with van der Waals surface area (Å²) in [5.41, 5.74) is 6.73. The van der Waals surface area contributed by atoms with Gasteiger partial charge in [0.15, 0.2) is 17.5 Å². The molecule has 0 aliphatic heterocycles. The molecule has 0 N–H and O–H groups in total. The highest BCUT2D eigenvalue weighted by atomic mass is 16.3. The van der Waals surface area contributed by atoms with E-state index in [1.165, 1.54) is 10.8 Å². The molecule has 49 heavy (non-hydrogen) atoms. The monoisotopic (exact) mass is 626 g/mol. The zero-order valence-electron chi connectivity index (χ0n) is 26.2. The summed E-state index contributed by atoms with van der Waals surface area (Å²) >= 11 is 0. The lowest BCUT2D eigenvalue weighted by molar-refractivity contribution is 0.668. The summed E-state index contributed by atoms with van der Waals surface area (Å²) in [6.45, 7) is 0. The smallest absolute Gasteiger partial charge is 0.164 e. The minimum Gasteiger partial charge on any atom is -0.456 e. The van der Waals surface area contributed by atoms with Gasteiger partial charge in [-0.2, -0.15) is 0 Å². The molecular weight excluding hydrogens is 601 g/mol. The minimum atomic E-state index is 0.633. The third-order valence-electron chi connectivity index (χ3n) is 9.38. The Morgan fingerprint density at radius 1 is 0.388 bits per heavy atom. The molecule has 0 aliphatic rings. The van der Waals surface area contributed by atoms with Crippen LogP contribution >= 0.6 is 0 Å². The average Bonchev–Trinajstić information content (AvgIpc) is 3.56. The molecule has 0 spiro atoms. The lowest BCUT2D eigenvalue weighted by Gasteiger charge is -2.12. The van der Waals surface area contributed by atoms with Crippen molar-refractivity contribution in [3.63, 3.8) is 0 Å². The number of fused-ring (bicyclic) bond motifs is 6. The maximum absolute atomic E-state index is 6.16. The van der Waals surface area contributed by atoms with E-state index in [0.29, 0.717) is 17.5 Å². The second-order valence-corrected chi connectivity index (χ2v) is 12.3. The van der Waals surface area contributed by atoms with Gasteiger partial charge in [0.05, 0.1) is 0 Å². The van der Waals surface area contributed by atoms with Crippen LogP contribution in [0.15, 0.2) is 162 Å². The van der Waals surface area contributed by atoms with Crippen LogP contribution in [0.5, 0.6) is 0 Å². The third-order valence-corrected chi connectivity index (χ3v) is 9.38. The van der Waals surface area contributed by atoms with E-state index >= 15 is 0 Å². The molecule has 0 saturated heterocycles. The van der Waals surface area contributed by atoms with E-state index in [2.05, 4.69) is 132 Å². The summed E-state index contributed by atoms with van der Waals surface area (Å²) in [7, 11) is 0. The predicted octanol–water partition coefficient (Wildman–Crippen LogP) is 11.3. The Morgan fingerprint density at radius 2 is 0.980 bits per heavy atom. The predicted molar refractivity (Wildman–Crippen MR) is 199 cm³/mol. The first-order valence-electron chi connectivity index (χ1n) is 16.3. The molecule has 3 heterocycles. The van der Waals surface area contributed by atoms with Gasteiger partial charge in [-0.15, -0.1) is 0 Å². The van der Waals surface area contributed by atoms with E-state index in [0.717, 1.165) is 71.3 Å². The number of nitrogens with zero attached hydrogens (tertiary/aromatic N) is 4. The largest absolute Gasteiger partial charge is 0.456 e. The molecule has 10 aromatic rings. The first kappa shape index (κ1) is 27.4. The van der Waals surface area contributed by atoms with Crippen molar-refractivity contribution in [3.05, 3.63) is 158 Å². The molecule has 0 amide bonds. The van der Waals surface area contributed by atoms with Gasteiger partial charge in [-0.3, -0.25) is 4.98 Å². The quantitative estimate of drug-likeness (QED) is 0.194. The molecule has 0 radical (unpaired) electrons. The van der Waals surface area contributed by atoms with E-state index < -0.39 is 0 Å². The zero-order chi connectivity index (χ0) is 32.3. The summed E-state index contributed by atoms with van der Waals surface area (Å²) in [5, 5.41) is 8.88. The van der Waals surface area contributed by atoms with Crippen LogP contribution in [0.1, 0.15) is 0 Å². The standard InChI is InChI=1S/C44H26N4O/c1-3-9-29-23-33(17-15-27(29)7-1)42-46-43(34-18-16-28-8-2-4-10-30(28)24-34)48-44(47-42)37-13-5-11-31-25-32(19-20-35(31)37)36-12-6-14-40-41(36)38-26-45-22-21-39(38)49-40/h1-26H. The van der Waals surface area contributed by atoms with Crippen molar-refractivity contribution in [2.45, 2.75) is 0 Å². The van der Waals surface area contributed by atoms with Crippen molar-refractivity contribution in [1.82, 2.24) is 19.9 Å². The molecule has 5 heteroatoms. The Kier molecular flexibility index (Phi) is 6.11. The highest BCUT2D eigenvalue weighted by molar-refractivity contribution is 6.13. The first-order valence-corrected chi connectivity index (χ1v) is 16.3. The Hall–Kier alpha value is -6.72. The first-order chi connectivity index (χ1) is 24.2. The van der Waals surface area contributed by atoms with Gasteiger partial charge in [-0.25, -0.2) is 15.0 Å². The minimum absolute atomic E-state index is 0.633. The summed E-state index contributed by atoms with van der Waals surface area (Å²) in [6, 6.07) is 50.5. The number of hydrogen-bond donors (Lipinski definition) is 0. The molecule has 5 nitrogen and oxygen atoms in total. The van der Waals surface area contributed by atoms with Crippen LogP contribution in [-0.4, -0.2) is 19.9 Å². The van der Waals surface area contributed by atoms with E-state index in [9.17, 15) is 0 Å². The highest BCUT2D eigenvalue weighted by Crippen LogP contribution is 2.38. The van der Waals surface area contributed by atoms with Crippen molar-refractivity contribution in [2.24, 2.45) is 0 Å². The van der Waals surface area contributed by atoms with Crippen molar-refractivity contribution in [2.75, 3.05) is 0 Å². The molecule has 3 aromatic heterocycles. The molecule has 10 rings (SSSR count). The molecule has 0 unspecified atom stereocenters. The van der Waals surface area contributed by atoms with Gasteiger partial charge in [-0.1, -0.05) is 115 Å². The normalized spacial score (nSPS) is 11.7. The summed E-state index contributed by atoms with van der Waals surface area (Å²) in [6.07, 6.45) is 3.64. The van der Waals surface area contributed by atoms with Crippen molar-refractivity contribution in [3.8, 4) is 45.3 Å². The number of benzene rings is 7. The Balaban J connectivity index is 1.16. The highest BCUT2D eigenvalue weighted by Gasteiger charge is 2.17. The molecular formula is C44H26N4O. The topological polar surface area (TPSA) is 64.7 Å². The SMILES string of the molecule is c1ccc2cc(-c3nc(-c4ccc5ccccc5c4)nc(-c4cccc5cc(-c6cccc7oc8ccncc8c67)ccc45)n3)ccc2c1. The maximum Gasteiger partial charge on any atom is 0.164 e. The molecule has 0 atom stereocenters. The van der Waals surface area contributed by atoms with Gasteiger partial charge in [0.2, 0.25) is 0 Å². The molecule has 0 saturated carbocycles. The van der Waals surface area contributed by atoms with Gasteiger partial charge >= 0.3 is 0 Å². The van der Waals surface area contributed by atoms with Crippen LogP contribution in [0.4, 0.5) is 0 Å². The Labute approximate surface area is 281 Å². The fourth-order valence-corrected chi connectivity index (χ4v) is 6.97. The Bertz CT molecular complexity index is 2810. The third kappa shape index (κ3) is 4.63. The summed E-state index contributed by atoms with van der Waals surface area (Å²) in [5.74, 6) is 1.91. The van der Waals surface area contributed by atoms with E-state index in [1.54, 1.807) is 6.20 Å². The maximum atomic E-state index is 6.16. The fourth-order valence-electron chi connectivity index (χ4n) is 6.97. The van der Waals surface area contributed by atoms with Crippen LogP contribution < -0.4 is 0 Å². The second-order valence-electron chi connectivity index (χ2n) is 12.3. The van der Waals surface area contributed by atoms with Gasteiger partial charge in [0.25, 0.3) is 0 Å². The molecule has 0 aliphatic carbocycles. The van der Waals surface area contributed by atoms with Gasteiger partial charge in [0, 0.05) is 39.9 Å². The Morgan fingerprint density at radius 3 is 1.71 bits per heavy atom. The second kappa shape index (κ2) is 10.9. The van der Waals surface area contributed by atoms with Gasteiger partial charge in [0.1, 0.15) is 11.2 Å². The average molecular weight is 627 g/mol.